The molecule has 0 bridgehead atoms. The van der Waals surface area contributed by atoms with E-state index in [2.05, 4.69) is 16.7 Å². The molecule has 5 nitrogen and oxygen atoms in total. The van der Waals surface area contributed by atoms with E-state index < -0.39 is 0 Å². The maximum absolute atomic E-state index is 12.3. The van der Waals surface area contributed by atoms with Crippen molar-refractivity contribution in [3.8, 4) is 0 Å². The van der Waals surface area contributed by atoms with Gasteiger partial charge in [-0.15, -0.1) is 0 Å². The van der Waals surface area contributed by atoms with E-state index >= 15 is 0 Å². The molecule has 0 aromatic carbocycles. The van der Waals surface area contributed by atoms with Gasteiger partial charge in [0.25, 0.3) is 0 Å². The molecule has 1 fully saturated rings. The van der Waals surface area contributed by atoms with Gasteiger partial charge in [0.05, 0.1) is 0 Å². The summed E-state index contributed by atoms with van der Waals surface area (Å²) in [5.41, 5.74) is 1.28. The van der Waals surface area contributed by atoms with Crippen molar-refractivity contribution in [1.82, 2.24) is 15.5 Å². The van der Waals surface area contributed by atoms with Crippen LogP contribution in [0.25, 0.3) is 0 Å². The molecular formula is C15H25N3O2. The lowest BCUT2D eigenvalue weighted by Crippen LogP contribution is -2.46. The van der Waals surface area contributed by atoms with Crippen molar-refractivity contribution >= 4 is 11.8 Å². The van der Waals surface area contributed by atoms with Crippen LogP contribution in [0, 0.1) is 0 Å². The molecule has 2 amide bonds. The topological polar surface area (TPSA) is 61.4 Å². The summed E-state index contributed by atoms with van der Waals surface area (Å²) in [6.45, 7) is 5.20. The van der Waals surface area contributed by atoms with Crippen molar-refractivity contribution in [2.45, 2.75) is 45.1 Å². The van der Waals surface area contributed by atoms with Gasteiger partial charge in [-0.05, 0) is 32.2 Å². The molecule has 5 heteroatoms. The van der Waals surface area contributed by atoms with Crippen LogP contribution in [0.3, 0.4) is 0 Å². The standard InChI is InChI=1S/C15H25N3O2/c1-2-4-14(19)18-10-3-5-13(18)15(20)17-11-12-6-8-16-9-7-12/h6,13,16H,2-5,7-11H2,1H3,(H,17,20). The molecule has 0 aromatic heterocycles. The lowest BCUT2D eigenvalue weighted by atomic mass is 10.1. The Morgan fingerprint density at radius 2 is 2.35 bits per heavy atom. The van der Waals surface area contributed by atoms with Gasteiger partial charge >= 0.3 is 0 Å². The average Bonchev–Trinajstić information content (AvgIpc) is 2.96. The third kappa shape index (κ3) is 3.82. The molecule has 2 heterocycles. The van der Waals surface area contributed by atoms with E-state index in [4.69, 9.17) is 0 Å². The third-order valence-corrected chi connectivity index (χ3v) is 3.99. The summed E-state index contributed by atoms with van der Waals surface area (Å²) in [4.78, 5) is 26.0. The van der Waals surface area contributed by atoms with E-state index in [1.807, 2.05) is 6.92 Å². The molecule has 2 rings (SSSR count). The fourth-order valence-electron chi connectivity index (χ4n) is 2.84. The summed E-state index contributed by atoms with van der Waals surface area (Å²) < 4.78 is 0. The van der Waals surface area contributed by atoms with Crippen LogP contribution in [-0.2, 0) is 9.59 Å². The lowest BCUT2D eigenvalue weighted by molar-refractivity contribution is -0.138. The smallest absolute Gasteiger partial charge is 0.243 e. The predicted octanol–water partition coefficient (Wildman–Crippen LogP) is 0.813. The number of carbonyl (C=O) groups excluding carboxylic acids is 2. The summed E-state index contributed by atoms with van der Waals surface area (Å²) in [6, 6.07) is -0.253. The first-order chi connectivity index (χ1) is 9.72. The van der Waals surface area contributed by atoms with Gasteiger partial charge in [-0.3, -0.25) is 9.59 Å². The van der Waals surface area contributed by atoms with Crippen LogP contribution in [0.1, 0.15) is 39.0 Å². The molecule has 1 saturated heterocycles. The fourth-order valence-corrected chi connectivity index (χ4v) is 2.84. The molecule has 0 aliphatic carbocycles. The van der Waals surface area contributed by atoms with E-state index in [0.29, 0.717) is 13.0 Å². The first-order valence-corrected chi connectivity index (χ1v) is 7.68. The molecule has 20 heavy (non-hydrogen) atoms. The summed E-state index contributed by atoms with van der Waals surface area (Å²) in [6.07, 6.45) is 6.23. The second kappa shape index (κ2) is 7.43. The maximum atomic E-state index is 12.3. The zero-order valence-electron chi connectivity index (χ0n) is 12.3. The highest BCUT2D eigenvalue weighted by Crippen LogP contribution is 2.19. The number of carbonyl (C=O) groups is 2. The summed E-state index contributed by atoms with van der Waals surface area (Å²) in [5, 5.41) is 6.24. The Kier molecular flexibility index (Phi) is 5.59. The van der Waals surface area contributed by atoms with E-state index in [-0.39, 0.29) is 17.9 Å². The van der Waals surface area contributed by atoms with Gasteiger partial charge in [-0.2, -0.15) is 0 Å². The van der Waals surface area contributed by atoms with Crippen molar-refractivity contribution in [2.75, 3.05) is 26.2 Å². The van der Waals surface area contributed by atoms with Crippen LogP contribution >= 0.6 is 0 Å². The molecule has 0 saturated carbocycles. The summed E-state index contributed by atoms with van der Waals surface area (Å²) >= 11 is 0. The van der Waals surface area contributed by atoms with Crippen LogP contribution in [0.4, 0.5) is 0 Å². The molecular weight excluding hydrogens is 254 g/mol. The average molecular weight is 279 g/mol. The Hall–Kier alpha value is -1.36. The molecule has 0 aromatic rings. The first kappa shape index (κ1) is 15.0. The highest BCUT2D eigenvalue weighted by Gasteiger charge is 2.33. The van der Waals surface area contributed by atoms with Crippen LogP contribution in [-0.4, -0.2) is 48.9 Å². The molecule has 1 unspecified atom stereocenters. The number of rotatable bonds is 5. The highest BCUT2D eigenvalue weighted by molar-refractivity contribution is 5.88. The number of likely N-dealkylation sites (tertiary alicyclic amines) is 1. The first-order valence-electron chi connectivity index (χ1n) is 7.68. The Morgan fingerprint density at radius 3 is 3.05 bits per heavy atom. The fraction of sp³-hybridized carbons (Fsp3) is 0.733. The van der Waals surface area contributed by atoms with Crippen molar-refractivity contribution < 1.29 is 9.59 Å². The zero-order chi connectivity index (χ0) is 14.4. The van der Waals surface area contributed by atoms with E-state index in [9.17, 15) is 9.59 Å². The normalized spacial score (nSPS) is 22.6. The monoisotopic (exact) mass is 279 g/mol. The predicted molar refractivity (Wildman–Crippen MR) is 78.2 cm³/mol. The SMILES string of the molecule is CCCC(=O)N1CCCC1C(=O)NCC1=CCNCC1. The van der Waals surface area contributed by atoms with Gasteiger partial charge in [0.1, 0.15) is 6.04 Å². The van der Waals surface area contributed by atoms with Crippen LogP contribution in [0.15, 0.2) is 11.6 Å². The van der Waals surface area contributed by atoms with Crippen LogP contribution < -0.4 is 10.6 Å². The van der Waals surface area contributed by atoms with E-state index in [1.165, 1.54) is 5.57 Å². The van der Waals surface area contributed by atoms with E-state index in [1.54, 1.807) is 4.90 Å². The Balaban J connectivity index is 1.84. The summed E-state index contributed by atoms with van der Waals surface area (Å²) in [5.74, 6) is 0.123. The van der Waals surface area contributed by atoms with Crippen molar-refractivity contribution in [3.63, 3.8) is 0 Å². The number of nitrogens with zero attached hydrogens (tertiary/aromatic N) is 1. The Labute approximate surface area is 120 Å². The van der Waals surface area contributed by atoms with Crippen molar-refractivity contribution in [1.29, 1.82) is 0 Å². The molecule has 1 atom stereocenters. The minimum absolute atomic E-state index is 0.00591. The number of hydrogen-bond acceptors (Lipinski definition) is 3. The molecule has 2 aliphatic rings. The van der Waals surface area contributed by atoms with Gasteiger partial charge in [-0.25, -0.2) is 0 Å². The number of hydrogen-bond donors (Lipinski definition) is 2. The van der Waals surface area contributed by atoms with Crippen molar-refractivity contribution in [2.24, 2.45) is 0 Å². The van der Waals surface area contributed by atoms with Crippen LogP contribution in [0.5, 0.6) is 0 Å². The second-order valence-electron chi connectivity index (χ2n) is 5.53. The zero-order valence-corrected chi connectivity index (χ0v) is 12.3. The minimum Gasteiger partial charge on any atom is -0.351 e. The quantitative estimate of drug-likeness (QED) is 0.732. The minimum atomic E-state index is -0.253. The Bertz CT molecular complexity index is 393. The van der Waals surface area contributed by atoms with Gasteiger partial charge < -0.3 is 15.5 Å². The van der Waals surface area contributed by atoms with E-state index in [0.717, 1.165) is 45.3 Å². The molecule has 0 spiro atoms. The number of nitrogens with one attached hydrogen (secondary N) is 2. The molecule has 2 N–H and O–H groups in total. The largest absolute Gasteiger partial charge is 0.351 e. The van der Waals surface area contributed by atoms with Crippen molar-refractivity contribution in [3.05, 3.63) is 11.6 Å². The van der Waals surface area contributed by atoms with Gasteiger partial charge in [-0.1, -0.05) is 18.6 Å². The van der Waals surface area contributed by atoms with Gasteiger partial charge in [0.2, 0.25) is 11.8 Å². The Morgan fingerprint density at radius 1 is 1.50 bits per heavy atom. The van der Waals surface area contributed by atoms with Gasteiger partial charge in [0, 0.05) is 26.1 Å². The second-order valence-corrected chi connectivity index (χ2v) is 5.53. The summed E-state index contributed by atoms with van der Waals surface area (Å²) in [7, 11) is 0. The van der Waals surface area contributed by atoms with Crippen LogP contribution in [0.2, 0.25) is 0 Å². The maximum Gasteiger partial charge on any atom is 0.243 e. The lowest BCUT2D eigenvalue weighted by Gasteiger charge is -2.24. The molecule has 112 valence electrons. The number of amides is 2. The highest BCUT2D eigenvalue weighted by atomic mass is 16.2. The molecule has 2 aliphatic heterocycles. The molecule has 0 radical (unpaired) electrons. The van der Waals surface area contributed by atoms with Gasteiger partial charge in [0.15, 0.2) is 0 Å². The third-order valence-electron chi connectivity index (χ3n) is 3.99.